The van der Waals surface area contributed by atoms with Crippen molar-refractivity contribution in [3.63, 3.8) is 0 Å². The molecule has 0 unspecified atom stereocenters. The second kappa shape index (κ2) is 6.74. The van der Waals surface area contributed by atoms with Crippen LogP contribution in [0.25, 0.3) is 10.9 Å². The van der Waals surface area contributed by atoms with Gasteiger partial charge in [-0.2, -0.15) is 13.2 Å². The maximum absolute atomic E-state index is 12.6. The number of carbonyl (C=O) groups is 1. The van der Waals surface area contributed by atoms with Gasteiger partial charge in [-0.1, -0.05) is 0 Å². The lowest BCUT2D eigenvalue weighted by atomic mass is 10.1. The van der Waals surface area contributed by atoms with E-state index in [1.165, 1.54) is 6.07 Å². The van der Waals surface area contributed by atoms with Crippen molar-refractivity contribution in [3.8, 4) is 11.6 Å². The molecule has 0 atom stereocenters. The number of nitrogens with one attached hydrogen (secondary N) is 1. The lowest BCUT2D eigenvalue weighted by molar-refractivity contribution is -0.137. The fourth-order valence-electron chi connectivity index (χ4n) is 2.99. The third-order valence-corrected chi connectivity index (χ3v) is 4.55. The number of likely N-dealkylation sites (tertiary alicyclic amines) is 1. The Morgan fingerprint density at radius 2 is 2.00 bits per heavy atom. The van der Waals surface area contributed by atoms with Crippen LogP contribution in [0.4, 0.5) is 13.2 Å². The molecule has 146 valence electrons. The minimum Gasteiger partial charge on any atom is -0.497 e. The van der Waals surface area contributed by atoms with Crippen molar-refractivity contribution in [1.29, 1.82) is 0 Å². The molecule has 1 N–H and O–H groups in total. The van der Waals surface area contributed by atoms with Gasteiger partial charge in [0.15, 0.2) is 0 Å². The molecule has 28 heavy (non-hydrogen) atoms. The maximum Gasteiger partial charge on any atom is 0.417 e. The number of alkyl halides is 3. The summed E-state index contributed by atoms with van der Waals surface area (Å²) >= 11 is 0. The van der Waals surface area contributed by atoms with E-state index in [4.69, 9.17) is 9.47 Å². The molecule has 3 heterocycles. The average Bonchev–Trinajstić information content (AvgIpc) is 3.06. The highest BCUT2D eigenvalue weighted by molar-refractivity contribution is 5.98. The van der Waals surface area contributed by atoms with E-state index in [0.717, 1.165) is 23.2 Å². The van der Waals surface area contributed by atoms with E-state index in [0.29, 0.717) is 24.5 Å². The number of halogens is 3. The second-order valence-electron chi connectivity index (χ2n) is 6.47. The van der Waals surface area contributed by atoms with E-state index in [1.807, 2.05) is 18.2 Å². The molecule has 1 saturated heterocycles. The number of aromatic amines is 1. The highest BCUT2D eigenvalue weighted by atomic mass is 19.4. The quantitative estimate of drug-likeness (QED) is 0.739. The molecule has 1 aromatic carbocycles. The Morgan fingerprint density at radius 3 is 2.64 bits per heavy atom. The fourth-order valence-corrected chi connectivity index (χ4v) is 2.99. The van der Waals surface area contributed by atoms with Crippen LogP contribution in [0.5, 0.6) is 11.6 Å². The molecular weight excluding hydrogens is 375 g/mol. The van der Waals surface area contributed by atoms with E-state index in [-0.39, 0.29) is 17.9 Å². The highest BCUT2D eigenvalue weighted by Crippen LogP contribution is 2.30. The molecule has 6 nitrogen and oxygen atoms in total. The van der Waals surface area contributed by atoms with Crippen LogP contribution in [0.15, 0.2) is 42.6 Å². The molecule has 1 fully saturated rings. The van der Waals surface area contributed by atoms with Crippen LogP contribution in [0.1, 0.15) is 16.1 Å². The van der Waals surface area contributed by atoms with Gasteiger partial charge in [0.2, 0.25) is 5.88 Å². The Labute approximate surface area is 157 Å². The van der Waals surface area contributed by atoms with Gasteiger partial charge in [0.05, 0.1) is 25.8 Å². The van der Waals surface area contributed by atoms with E-state index in [2.05, 4.69) is 9.97 Å². The van der Waals surface area contributed by atoms with Crippen molar-refractivity contribution >= 4 is 16.8 Å². The first kappa shape index (κ1) is 18.1. The molecule has 0 saturated carbocycles. The zero-order valence-corrected chi connectivity index (χ0v) is 14.8. The zero-order valence-electron chi connectivity index (χ0n) is 14.8. The molecule has 2 aromatic heterocycles. The average molecular weight is 391 g/mol. The summed E-state index contributed by atoms with van der Waals surface area (Å²) in [4.78, 5) is 20.9. The molecule has 4 rings (SSSR count). The number of ether oxygens (including phenoxy) is 2. The van der Waals surface area contributed by atoms with E-state index in [9.17, 15) is 18.0 Å². The van der Waals surface area contributed by atoms with Gasteiger partial charge < -0.3 is 19.4 Å². The molecule has 1 aliphatic rings. The van der Waals surface area contributed by atoms with Gasteiger partial charge in [-0.05, 0) is 24.3 Å². The Bertz CT molecular complexity index is 1010. The molecule has 1 aliphatic heterocycles. The number of hydrogen-bond donors (Lipinski definition) is 1. The predicted octanol–water partition coefficient (Wildman–Crippen LogP) is 3.49. The number of fused-ring (bicyclic) bond motifs is 1. The maximum atomic E-state index is 12.6. The molecule has 0 aliphatic carbocycles. The largest absolute Gasteiger partial charge is 0.497 e. The molecule has 9 heteroatoms. The topological polar surface area (TPSA) is 67.4 Å². The summed E-state index contributed by atoms with van der Waals surface area (Å²) in [5.41, 5.74) is 0.417. The predicted molar refractivity (Wildman–Crippen MR) is 94.4 cm³/mol. The number of benzene rings is 1. The summed E-state index contributed by atoms with van der Waals surface area (Å²) in [5.74, 6) is 0.619. The Balaban J connectivity index is 1.36. The van der Waals surface area contributed by atoms with Crippen molar-refractivity contribution in [1.82, 2.24) is 14.9 Å². The highest BCUT2D eigenvalue weighted by Gasteiger charge is 2.34. The number of methoxy groups -OCH3 is 1. The van der Waals surface area contributed by atoms with Crippen molar-refractivity contribution in [3.05, 3.63) is 53.9 Å². The summed E-state index contributed by atoms with van der Waals surface area (Å²) in [6, 6.07) is 9.35. The van der Waals surface area contributed by atoms with Gasteiger partial charge in [0.25, 0.3) is 5.91 Å². The number of rotatable bonds is 4. The third-order valence-electron chi connectivity index (χ3n) is 4.55. The fraction of sp³-hybridized carbons (Fsp3) is 0.263. The van der Waals surface area contributed by atoms with Crippen LogP contribution in [0.3, 0.4) is 0 Å². The second-order valence-corrected chi connectivity index (χ2v) is 6.47. The number of nitrogens with zero attached hydrogens (tertiary/aromatic N) is 2. The molecular formula is C19H16F3N3O3. The van der Waals surface area contributed by atoms with Gasteiger partial charge >= 0.3 is 6.18 Å². The summed E-state index contributed by atoms with van der Waals surface area (Å²) in [7, 11) is 1.57. The van der Waals surface area contributed by atoms with Gasteiger partial charge in [0, 0.05) is 29.2 Å². The van der Waals surface area contributed by atoms with Crippen molar-refractivity contribution in [2.24, 2.45) is 0 Å². The van der Waals surface area contributed by atoms with E-state index in [1.54, 1.807) is 18.1 Å². The molecule has 0 radical (unpaired) electrons. The number of amides is 1. The Kier molecular flexibility index (Phi) is 4.37. The number of aromatic nitrogens is 2. The number of H-pyrrole nitrogens is 1. The minimum absolute atomic E-state index is 0.0998. The van der Waals surface area contributed by atoms with Gasteiger partial charge in [-0.3, -0.25) is 4.79 Å². The van der Waals surface area contributed by atoms with E-state index < -0.39 is 11.7 Å². The van der Waals surface area contributed by atoms with Crippen molar-refractivity contribution in [2.75, 3.05) is 20.2 Å². The standard InChI is InChI=1S/C19H16F3N3O3/c1-27-13-4-2-11-6-16(24-15(11)7-13)18(26)25-9-14(10-25)28-17-5-3-12(8-23-17)19(20,21)22/h2-8,14,24H,9-10H2,1H3. The number of pyridine rings is 1. The van der Waals surface area contributed by atoms with E-state index >= 15 is 0 Å². The van der Waals surface area contributed by atoms with Crippen LogP contribution < -0.4 is 9.47 Å². The molecule has 1 amide bonds. The lowest BCUT2D eigenvalue weighted by Gasteiger charge is -2.38. The van der Waals surface area contributed by atoms with Crippen LogP contribution in [-0.4, -0.2) is 47.1 Å². The number of hydrogen-bond acceptors (Lipinski definition) is 4. The first-order valence-electron chi connectivity index (χ1n) is 8.49. The summed E-state index contributed by atoms with van der Waals surface area (Å²) < 4.78 is 48.3. The van der Waals surface area contributed by atoms with Gasteiger partial charge in [-0.25, -0.2) is 4.98 Å². The third kappa shape index (κ3) is 3.47. The minimum atomic E-state index is -4.44. The molecule has 0 bridgehead atoms. The van der Waals surface area contributed by atoms with Crippen LogP contribution in [-0.2, 0) is 6.18 Å². The smallest absolute Gasteiger partial charge is 0.417 e. The number of carbonyl (C=O) groups excluding carboxylic acids is 1. The summed E-state index contributed by atoms with van der Waals surface area (Å²) in [6.07, 6.45) is -4.01. The molecule has 0 spiro atoms. The van der Waals surface area contributed by atoms with Crippen molar-refractivity contribution in [2.45, 2.75) is 12.3 Å². The first-order chi connectivity index (χ1) is 13.3. The Morgan fingerprint density at radius 1 is 1.21 bits per heavy atom. The summed E-state index contributed by atoms with van der Waals surface area (Å²) in [5, 5.41) is 0.895. The van der Waals surface area contributed by atoms with Crippen LogP contribution >= 0.6 is 0 Å². The van der Waals surface area contributed by atoms with Gasteiger partial charge in [0.1, 0.15) is 17.5 Å². The lowest BCUT2D eigenvalue weighted by Crippen LogP contribution is -2.56. The summed E-state index contributed by atoms with van der Waals surface area (Å²) in [6.45, 7) is 0.667. The van der Waals surface area contributed by atoms with Crippen molar-refractivity contribution < 1.29 is 27.4 Å². The van der Waals surface area contributed by atoms with Crippen LogP contribution in [0, 0.1) is 0 Å². The SMILES string of the molecule is COc1ccc2cc(C(=O)N3CC(Oc4ccc(C(F)(F)F)cn4)C3)[nH]c2c1. The van der Waals surface area contributed by atoms with Crippen LogP contribution in [0.2, 0.25) is 0 Å². The molecule has 3 aromatic rings. The first-order valence-corrected chi connectivity index (χ1v) is 8.49. The normalized spacial score (nSPS) is 14.8. The van der Waals surface area contributed by atoms with Gasteiger partial charge in [-0.15, -0.1) is 0 Å². The monoisotopic (exact) mass is 391 g/mol. The Hall–Kier alpha value is -3.23. The zero-order chi connectivity index (χ0) is 19.9.